The van der Waals surface area contributed by atoms with E-state index < -0.39 is 0 Å². The fourth-order valence-electron chi connectivity index (χ4n) is 4.39. The fourth-order valence-corrected chi connectivity index (χ4v) is 4.39. The maximum absolute atomic E-state index is 5.52. The summed E-state index contributed by atoms with van der Waals surface area (Å²) in [6.07, 6.45) is 4.15. The van der Waals surface area contributed by atoms with E-state index in [9.17, 15) is 0 Å². The van der Waals surface area contributed by atoms with Gasteiger partial charge in [0.25, 0.3) is 0 Å². The smallest absolute Gasteiger partial charge is 0.0594 e. The lowest BCUT2D eigenvalue weighted by Gasteiger charge is -2.50. The van der Waals surface area contributed by atoms with Crippen LogP contribution in [0.2, 0.25) is 0 Å². The first kappa shape index (κ1) is 16.3. The van der Waals surface area contributed by atoms with Gasteiger partial charge in [-0.25, -0.2) is 0 Å². The normalized spacial score (nSPS) is 35.0. The summed E-state index contributed by atoms with van der Waals surface area (Å²) in [5.74, 6) is 2.57. The summed E-state index contributed by atoms with van der Waals surface area (Å²) >= 11 is 0. The lowest BCUT2D eigenvalue weighted by Crippen LogP contribution is -2.62. The predicted molar refractivity (Wildman–Crippen MR) is 85.0 cm³/mol. The molecule has 4 unspecified atom stereocenters. The van der Waals surface area contributed by atoms with E-state index in [1.165, 1.54) is 19.3 Å². The van der Waals surface area contributed by atoms with Crippen LogP contribution >= 0.6 is 0 Å². The summed E-state index contributed by atoms with van der Waals surface area (Å²) in [5, 5.41) is 3.66. The van der Waals surface area contributed by atoms with E-state index in [1.807, 2.05) is 0 Å². The molecule has 0 bridgehead atoms. The van der Waals surface area contributed by atoms with E-state index in [0.717, 1.165) is 44.1 Å². The Bertz CT molecular complexity index is 299. The van der Waals surface area contributed by atoms with Crippen molar-refractivity contribution in [3.63, 3.8) is 0 Å². The van der Waals surface area contributed by atoms with Gasteiger partial charge in [-0.05, 0) is 51.5 Å². The maximum atomic E-state index is 5.52. The number of nitrogens with one attached hydrogen (secondary N) is 1. The van der Waals surface area contributed by atoms with Crippen LogP contribution in [-0.2, 0) is 4.74 Å². The van der Waals surface area contributed by atoms with Gasteiger partial charge in [0, 0.05) is 24.7 Å². The largest absolute Gasteiger partial charge is 0.379 e. The molecule has 3 nitrogen and oxygen atoms in total. The second-order valence-electron chi connectivity index (χ2n) is 7.55. The van der Waals surface area contributed by atoms with E-state index in [-0.39, 0.29) is 5.54 Å². The zero-order valence-corrected chi connectivity index (χ0v) is 14.1. The third-order valence-electron chi connectivity index (χ3n) is 6.01. The zero-order chi connectivity index (χ0) is 14.8. The zero-order valence-electron chi connectivity index (χ0n) is 14.1. The number of nitrogens with zero attached hydrogens (tertiary/aromatic N) is 1. The van der Waals surface area contributed by atoms with Crippen molar-refractivity contribution in [1.82, 2.24) is 10.2 Å². The van der Waals surface area contributed by atoms with Crippen LogP contribution in [0.1, 0.15) is 47.0 Å². The topological polar surface area (TPSA) is 24.5 Å². The second kappa shape index (κ2) is 6.76. The molecule has 2 aliphatic rings. The number of hydrogen-bond donors (Lipinski definition) is 1. The molecule has 118 valence electrons. The minimum Gasteiger partial charge on any atom is -0.379 e. The van der Waals surface area contributed by atoms with Crippen LogP contribution in [0.15, 0.2) is 0 Å². The summed E-state index contributed by atoms with van der Waals surface area (Å²) in [6, 6.07) is 0.579. The minimum absolute atomic E-state index is 0.212. The molecule has 1 aliphatic heterocycles. The van der Waals surface area contributed by atoms with Crippen LogP contribution < -0.4 is 5.32 Å². The van der Waals surface area contributed by atoms with Crippen LogP contribution in [0.25, 0.3) is 0 Å². The van der Waals surface area contributed by atoms with Gasteiger partial charge >= 0.3 is 0 Å². The molecule has 20 heavy (non-hydrogen) atoms. The Kier molecular flexibility index (Phi) is 5.49. The number of ether oxygens (including phenoxy) is 1. The van der Waals surface area contributed by atoms with Gasteiger partial charge in [-0.1, -0.05) is 20.3 Å². The van der Waals surface area contributed by atoms with Crippen molar-refractivity contribution in [1.29, 1.82) is 0 Å². The summed E-state index contributed by atoms with van der Waals surface area (Å²) in [7, 11) is 2.15. The van der Waals surface area contributed by atoms with Gasteiger partial charge < -0.3 is 10.1 Å². The van der Waals surface area contributed by atoms with E-state index in [2.05, 4.69) is 45.0 Å². The summed E-state index contributed by atoms with van der Waals surface area (Å²) in [6.45, 7) is 13.6. The van der Waals surface area contributed by atoms with Gasteiger partial charge in [-0.3, -0.25) is 4.90 Å². The molecule has 0 amide bonds. The third kappa shape index (κ3) is 3.37. The Morgan fingerprint density at radius 2 is 1.75 bits per heavy atom. The summed E-state index contributed by atoms with van der Waals surface area (Å²) < 4.78 is 5.52. The number of rotatable bonds is 4. The highest BCUT2D eigenvalue weighted by atomic mass is 16.5. The van der Waals surface area contributed by atoms with Crippen molar-refractivity contribution in [2.75, 3.05) is 33.4 Å². The Morgan fingerprint density at radius 3 is 2.30 bits per heavy atom. The molecule has 1 saturated carbocycles. The van der Waals surface area contributed by atoms with Crippen molar-refractivity contribution in [3.8, 4) is 0 Å². The quantitative estimate of drug-likeness (QED) is 0.858. The molecule has 0 spiro atoms. The number of morpholine rings is 1. The van der Waals surface area contributed by atoms with Crippen LogP contribution in [0.4, 0.5) is 0 Å². The first-order chi connectivity index (χ1) is 9.46. The van der Waals surface area contributed by atoms with Gasteiger partial charge in [-0.2, -0.15) is 0 Å². The molecule has 2 rings (SSSR count). The average molecular weight is 282 g/mol. The predicted octanol–water partition coefficient (Wildman–Crippen LogP) is 2.76. The molecule has 1 heterocycles. The van der Waals surface area contributed by atoms with E-state index in [1.54, 1.807) is 0 Å². The van der Waals surface area contributed by atoms with Gasteiger partial charge in [0.15, 0.2) is 0 Å². The van der Waals surface area contributed by atoms with Gasteiger partial charge in [0.1, 0.15) is 0 Å². The Morgan fingerprint density at radius 1 is 1.10 bits per heavy atom. The maximum Gasteiger partial charge on any atom is 0.0594 e. The standard InChI is InChI=1S/C17H34N2O/c1-13-6-7-15(12-14(13)2)16(18-5)17(3,4)19-8-10-20-11-9-19/h13-16,18H,6-12H2,1-5H3. The first-order valence-electron chi connectivity index (χ1n) is 8.47. The molecule has 0 aromatic carbocycles. The molecule has 2 fully saturated rings. The molecule has 0 radical (unpaired) electrons. The molecule has 3 heteroatoms. The number of hydrogen-bond acceptors (Lipinski definition) is 3. The molecular formula is C17H34N2O. The molecule has 0 aromatic heterocycles. The van der Waals surface area contributed by atoms with Crippen LogP contribution in [0.3, 0.4) is 0 Å². The van der Waals surface area contributed by atoms with Crippen molar-refractivity contribution < 1.29 is 4.74 Å². The van der Waals surface area contributed by atoms with Crippen molar-refractivity contribution in [3.05, 3.63) is 0 Å². The summed E-state index contributed by atoms with van der Waals surface area (Å²) in [5.41, 5.74) is 0.212. The van der Waals surface area contributed by atoms with Gasteiger partial charge in [-0.15, -0.1) is 0 Å². The second-order valence-corrected chi connectivity index (χ2v) is 7.55. The lowest BCUT2D eigenvalue weighted by molar-refractivity contribution is -0.0361. The van der Waals surface area contributed by atoms with Crippen molar-refractivity contribution >= 4 is 0 Å². The highest BCUT2D eigenvalue weighted by molar-refractivity contribution is 4.99. The van der Waals surface area contributed by atoms with E-state index in [4.69, 9.17) is 4.74 Å². The summed E-state index contributed by atoms with van der Waals surface area (Å²) in [4.78, 5) is 2.63. The highest BCUT2D eigenvalue weighted by Gasteiger charge is 2.41. The third-order valence-corrected chi connectivity index (χ3v) is 6.01. The molecular weight excluding hydrogens is 248 g/mol. The first-order valence-corrected chi connectivity index (χ1v) is 8.47. The highest BCUT2D eigenvalue weighted by Crippen LogP contribution is 2.38. The van der Waals surface area contributed by atoms with Crippen molar-refractivity contribution in [2.45, 2.75) is 58.5 Å². The van der Waals surface area contributed by atoms with Crippen LogP contribution in [0.5, 0.6) is 0 Å². The van der Waals surface area contributed by atoms with E-state index in [0.29, 0.717) is 6.04 Å². The molecule has 4 atom stereocenters. The minimum atomic E-state index is 0.212. The number of likely N-dealkylation sites (N-methyl/N-ethyl adjacent to an activating group) is 1. The van der Waals surface area contributed by atoms with Crippen molar-refractivity contribution in [2.24, 2.45) is 17.8 Å². The van der Waals surface area contributed by atoms with Crippen LogP contribution in [0, 0.1) is 17.8 Å². The molecule has 1 aliphatic carbocycles. The Labute approximate surface area is 125 Å². The molecule has 1 N–H and O–H groups in total. The SMILES string of the molecule is CNC(C1CCC(C)C(C)C1)C(C)(C)N1CCOCC1. The van der Waals surface area contributed by atoms with E-state index >= 15 is 0 Å². The Balaban J connectivity index is 2.05. The monoisotopic (exact) mass is 282 g/mol. The lowest BCUT2D eigenvalue weighted by atomic mass is 9.69. The van der Waals surface area contributed by atoms with Gasteiger partial charge in [0.2, 0.25) is 0 Å². The molecule has 0 aromatic rings. The Hall–Kier alpha value is -0.120. The molecule has 1 saturated heterocycles. The average Bonchev–Trinajstić information content (AvgIpc) is 2.44. The van der Waals surface area contributed by atoms with Crippen LogP contribution in [-0.4, -0.2) is 49.8 Å². The van der Waals surface area contributed by atoms with Gasteiger partial charge in [0.05, 0.1) is 13.2 Å². The fraction of sp³-hybridized carbons (Fsp3) is 1.00.